The summed E-state index contributed by atoms with van der Waals surface area (Å²) in [7, 11) is 0. The minimum absolute atomic E-state index is 0.122. The molecule has 0 radical (unpaired) electrons. The van der Waals surface area contributed by atoms with Gasteiger partial charge in [0.25, 0.3) is 0 Å². The molecule has 2 amide bonds. The lowest BCUT2D eigenvalue weighted by Crippen LogP contribution is -2.31. The number of imide groups is 1. The zero-order chi connectivity index (χ0) is 20.8. The Kier molecular flexibility index (Phi) is 7.17. The number of carbonyl (C=O) groups is 2. The number of halogens is 1. The number of carbonyl (C=O) groups excluding carboxylic acids is 2. The lowest BCUT2D eigenvalue weighted by molar-refractivity contribution is -0.121. The monoisotopic (exact) mass is 431 g/mol. The number of amides is 2. The number of benzene rings is 2. The van der Waals surface area contributed by atoms with Crippen LogP contribution in [0, 0.1) is 0 Å². The van der Waals surface area contributed by atoms with Gasteiger partial charge in [-0.25, -0.2) is 4.90 Å². The van der Waals surface area contributed by atoms with E-state index in [1.54, 1.807) is 36.4 Å². The molecule has 2 aromatic carbocycles. The second-order valence-corrected chi connectivity index (χ2v) is 7.85. The first-order valence-electron chi connectivity index (χ1n) is 9.35. The molecule has 6 nitrogen and oxygen atoms in total. The second-order valence-electron chi connectivity index (χ2n) is 6.22. The number of amidine groups is 1. The average Bonchev–Trinajstić information content (AvgIpc) is 2.96. The molecule has 8 heteroatoms. The molecule has 1 N–H and O–H groups in total. The van der Waals surface area contributed by atoms with E-state index in [-0.39, 0.29) is 18.2 Å². The number of rotatable bonds is 6. The highest BCUT2D eigenvalue weighted by Crippen LogP contribution is 2.31. The van der Waals surface area contributed by atoms with Gasteiger partial charge >= 0.3 is 0 Å². The average molecular weight is 432 g/mol. The molecule has 0 bridgehead atoms. The topological polar surface area (TPSA) is 71.0 Å². The zero-order valence-electron chi connectivity index (χ0n) is 16.2. The Bertz CT molecular complexity index is 918. The first-order chi connectivity index (χ1) is 14.0. The van der Waals surface area contributed by atoms with Crippen molar-refractivity contribution in [2.24, 2.45) is 4.99 Å². The van der Waals surface area contributed by atoms with Crippen molar-refractivity contribution in [1.82, 2.24) is 0 Å². The predicted octanol–water partition coefficient (Wildman–Crippen LogP) is 4.59. The van der Waals surface area contributed by atoms with Crippen molar-refractivity contribution in [1.29, 1.82) is 0 Å². The minimum Gasteiger partial charge on any atom is -0.494 e. The smallest absolute Gasteiger partial charge is 0.247 e. The van der Waals surface area contributed by atoms with Crippen LogP contribution in [0.15, 0.2) is 53.5 Å². The Morgan fingerprint density at radius 3 is 2.66 bits per heavy atom. The molecule has 2 aromatic rings. The predicted molar refractivity (Wildman–Crippen MR) is 119 cm³/mol. The normalized spacial score (nSPS) is 17.0. The lowest BCUT2D eigenvalue weighted by atomic mass is 10.3. The molecule has 1 unspecified atom stereocenters. The van der Waals surface area contributed by atoms with Crippen molar-refractivity contribution in [2.75, 3.05) is 23.4 Å². The van der Waals surface area contributed by atoms with E-state index in [1.807, 2.05) is 26.0 Å². The third-order valence-corrected chi connectivity index (χ3v) is 5.49. The molecule has 1 aliphatic rings. The van der Waals surface area contributed by atoms with Crippen molar-refractivity contribution < 1.29 is 14.3 Å². The fourth-order valence-electron chi connectivity index (χ4n) is 2.90. The summed E-state index contributed by atoms with van der Waals surface area (Å²) in [6.45, 7) is 4.91. The van der Waals surface area contributed by atoms with E-state index < -0.39 is 5.25 Å². The molecule has 1 atom stereocenters. The third-order valence-electron chi connectivity index (χ3n) is 4.14. The van der Waals surface area contributed by atoms with Gasteiger partial charge in [0, 0.05) is 23.7 Å². The van der Waals surface area contributed by atoms with E-state index in [9.17, 15) is 9.59 Å². The van der Waals surface area contributed by atoms with Crippen molar-refractivity contribution in [3.05, 3.63) is 53.6 Å². The van der Waals surface area contributed by atoms with Crippen LogP contribution in [0.1, 0.15) is 20.3 Å². The summed E-state index contributed by atoms with van der Waals surface area (Å²) < 4.78 is 5.42. The molecule has 0 spiro atoms. The number of anilines is 2. The summed E-state index contributed by atoms with van der Waals surface area (Å²) in [4.78, 5) is 31.1. The molecule has 1 saturated heterocycles. The van der Waals surface area contributed by atoms with Gasteiger partial charge in [0.05, 0.1) is 12.3 Å². The van der Waals surface area contributed by atoms with E-state index in [1.165, 1.54) is 16.7 Å². The van der Waals surface area contributed by atoms with Gasteiger partial charge in [-0.2, -0.15) is 0 Å². The maximum absolute atomic E-state index is 12.9. The standard InChI is InChI=1S/C21H22ClN3O3S/c1-3-23-21(24-15-7-5-6-14(22)12-15)29-18-13-19(26)25(20(18)27)16-8-10-17(11-9-16)28-4-2/h5-12,18H,3-4,13H2,1-2H3,(H,23,24). The van der Waals surface area contributed by atoms with Gasteiger partial charge in [-0.3, -0.25) is 14.6 Å². The highest BCUT2D eigenvalue weighted by molar-refractivity contribution is 8.15. The van der Waals surface area contributed by atoms with Crippen molar-refractivity contribution in [2.45, 2.75) is 25.5 Å². The largest absolute Gasteiger partial charge is 0.494 e. The van der Waals surface area contributed by atoms with Gasteiger partial charge in [-0.1, -0.05) is 29.4 Å². The molecule has 0 saturated carbocycles. The molecule has 1 fully saturated rings. The lowest BCUT2D eigenvalue weighted by Gasteiger charge is -2.16. The third kappa shape index (κ3) is 5.31. The Hall–Kier alpha value is -2.51. The Labute approximate surface area is 179 Å². The number of ether oxygens (including phenoxy) is 1. The Morgan fingerprint density at radius 2 is 2.00 bits per heavy atom. The van der Waals surface area contributed by atoms with Crippen molar-refractivity contribution >= 4 is 51.7 Å². The molecule has 3 rings (SSSR count). The quantitative estimate of drug-likeness (QED) is 0.411. The number of hydrogen-bond donors (Lipinski definition) is 1. The maximum atomic E-state index is 12.9. The van der Waals surface area contributed by atoms with Gasteiger partial charge in [-0.05, 0) is 56.3 Å². The van der Waals surface area contributed by atoms with Gasteiger partial charge in [0.1, 0.15) is 11.0 Å². The van der Waals surface area contributed by atoms with Crippen LogP contribution in [-0.4, -0.2) is 35.4 Å². The van der Waals surface area contributed by atoms with Gasteiger partial charge in [-0.15, -0.1) is 0 Å². The van der Waals surface area contributed by atoms with Crippen LogP contribution in [-0.2, 0) is 9.59 Å². The number of thioether (sulfide) groups is 1. The highest BCUT2D eigenvalue weighted by Gasteiger charge is 2.40. The summed E-state index contributed by atoms with van der Waals surface area (Å²) in [5.41, 5.74) is 1.32. The van der Waals surface area contributed by atoms with Crippen molar-refractivity contribution in [3.8, 4) is 5.75 Å². The summed E-state index contributed by atoms with van der Waals surface area (Å²) in [5.74, 6) is 0.223. The van der Waals surface area contributed by atoms with Crippen LogP contribution >= 0.6 is 23.4 Å². The summed E-state index contributed by atoms with van der Waals surface area (Å²) in [6.07, 6.45) is 0.122. The fraction of sp³-hybridized carbons (Fsp3) is 0.286. The molecule has 29 heavy (non-hydrogen) atoms. The molecular formula is C21H22ClN3O3S. The summed E-state index contributed by atoms with van der Waals surface area (Å²) in [5, 5.41) is 3.83. The number of aliphatic imine (C=N–C) groups is 1. The first kappa shape index (κ1) is 21.2. The maximum Gasteiger partial charge on any atom is 0.247 e. The van der Waals surface area contributed by atoms with E-state index in [2.05, 4.69) is 10.3 Å². The van der Waals surface area contributed by atoms with E-state index in [0.29, 0.717) is 34.8 Å². The van der Waals surface area contributed by atoms with Gasteiger partial charge in [0.15, 0.2) is 5.17 Å². The van der Waals surface area contributed by atoms with Crippen LogP contribution in [0.5, 0.6) is 5.75 Å². The van der Waals surface area contributed by atoms with Crippen LogP contribution in [0.4, 0.5) is 11.4 Å². The van der Waals surface area contributed by atoms with E-state index in [4.69, 9.17) is 16.3 Å². The molecular weight excluding hydrogens is 410 g/mol. The first-order valence-corrected chi connectivity index (χ1v) is 10.6. The molecule has 152 valence electrons. The molecule has 1 heterocycles. The number of nitrogens with one attached hydrogen (secondary N) is 1. The number of hydrogen-bond acceptors (Lipinski definition) is 5. The fourth-order valence-corrected chi connectivity index (χ4v) is 4.17. The van der Waals surface area contributed by atoms with Gasteiger partial charge in [0.2, 0.25) is 11.8 Å². The van der Waals surface area contributed by atoms with Crippen LogP contribution in [0.2, 0.25) is 5.02 Å². The van der Waals surface area contributed by atoms with E-state index in [0.717, 1.165) is 5.69 Å². The van der Waals surface area contributed by atoms with Gasteiger partial charge < -0.3 is 10.1 Å². The minimum atomic E-state index is -0.536. The van der Waals surface area contributed by atoms with Crippen LogP contribution in [0.25, 0.3) is 0 Å². The zero-order valence-corrected chi connectivity index (χ0v) is 17.8. The summed E-state index contributed by atoms with van der Waals surface area (Å²) >= 11 is 7.29. The highest BCUT2D eigenvalue weighted by atomic mass is 35.5. The number of nitrogens with zero attached hydrogens (tertiary/aromatic N) is 2. The van der Waals surface area contributed by atoms with Crippen LogP contribution < -0.4 is 15.0 Å². The molecule has 0 aliphatic carbocycles. The van der Waals surface area contributed by atoms with E-state index >= 15 is 0 Å². The molecule has 0 aromatic heterocycles. The summed E-state index contributed by atoms with van der Waals surface area (Å²) in [6, 6.07) is 14.2. The Balaban J connectivity index is 1.72. The van der Waals surface area contributed by atoms with Crippen molar-refractivity contribution in [3.63, 3.8) is 0 Å². The van der Waals surface area contributed by atoms with Crippen LogP contribution in [0.3, 0.4) is 0 Å². The Morgan fingerprint density at radius 1 is 1.24 bits per heavy atom. The SMILES string of the molecule is CCN=C(Nc1cccc(Cl)c1)SC1CC(=O)N(c2ccc(OCC)cc2)C1=O. The second kappa shape index (κ2) is 9.80. The molecule has 1 aliphatic heterocycles.